The van der Waals surface area contributed by atoms with Crippen LogP contribution in [0.2, 0.25) is 10.0 Å². The minimum Gasteiger partial charge on any atom is -0.387 e. The number of nitrogens with two attached hydrogens (primary N) is 1. The van der Waals surface area contributed by atoms with Gasteiger partial charge in [-0.15, -0.1) is 0 Å². The van der Waals surface area contributed by atoms with Crippen molar-refractivity contribution < 1.29 is 0 Å². The zero-order chi connectivity index (χ0) is 12.4. The normalized spacial score (nSPS) is 20.4. The fourth-order valence-corrected chi connectivity index (χ4v) is 2.56. The number of hydrogen-bond donors (Lipinski definition) is 2. The number of halogens is 2. The summed E-state index contributed by atoms with van der Waals surface area (Å²) < 4.78 is 0. The van der Waals surface area contributed by atoms with E-state index in [0.29, 0.717) is 16.6 Å². The number of amidine groups is 1. The topological polar surface area (TPSA) is 66.0 Å². The highest BCUT2D eigenvalue weighted by Crippen LogP contribution is 2.29. The summed E-state index contributed by atoms with van der Waals surface area (Å²) >= 11 is 11.9. The molecule has 2 rings (SSSR count). The van der Waals surface area contributed by atoms with Crippen molar-refractivity contribution in [3.63, 3.8) is 0 Å². The van der Waals surface area contributed by atoms with Crippen LogP contribution in [-0.2, 0) is 0 Å². The third-order valence-electron chi connectivity index (χ3n) is 2.95. The molecular weight excluding hydrogens is 259 g/mol. The van der Waals surface area contributed by atoms with E-state index in [1.54, 1.807) is 12.3 Å². The van der Waals surface area contributed by atoms with Gasteiger partial charge < -0.3 is 10.6 Å². The number of hydrogen-bond acceptors (Lipinski definition) is 3. The molecule has 0 saturated carbocycles. The van der Waals surface area contributed by atoms with Crippen LogP contribution in [0.5, 0.6) is 0 Å². The molecule has 1 aromatic rings. The van der Waals surface area contributed by atoms with Gasteiger partial charge in [0.1, 0.15) is 5.82 Å². The molecular formula is C11H14Cl2N4. The number of piperidine rings is 1. The quantitative estimate of drug-likeness (QED) is 0.642. The van der Waals surface area contributed by atoms with Gasteiger partial charge >= 0.3 is 0 Å². The van der Waals surface area contributed by atoms with Crippen molar-refractivity contribution in [2.75, 3.05) is 18.0 Å². The molecule has 1 aromatic heterocycles. The van der Waals surface area contributed by atoms with Crippen molar-refractivity contribution in [2.45, 2.75) is 12.8 Å². The van der Waals surface area contributed by atoms with E-state index in [2.05, 4.69) is 9.88 Å². The molecule has 1 atom stereocenters. The third kappa shape index (κ3) is 2.82. The molecule has 0 radical (unpaired) electrons. The average molecular weight is 273 g/mol. The summed E-state index contributed by atoms with van der Waals surface area (Å²) in [7, 11) is 0. The second-order valence-electron chi connectivity index (χ2n) is 4.20. The van der Waals surface area contributed by atoms with Crippen molar-refractivity contribution in [1.82, 2.24) is 4.98 Å². The molecule has 92 valence electrons. The predicted octanol–water partition coefficient (Wildman–Crippen LogP) is 2.54. The monoisotopic (exact) mass is 272 g/mol. The molecule has 4 nitrogen and oxygen atoms in total. The molecule has 0 amide bonds. The third-order valence-corrected chi connectivity index (χ3v) is 3.43. The Hall–Kier alpha value is -1.000. The molecule has 1 saturated heterocycles. The van der Waals surface area contributed by atoms with Crippen molar-refractivity contribution in [3.05, 3.63) is 22.3 Å². The first-order valence-electron chi connectivity index (χ1n) is 5.48. The number of nitrogens with zero attached hydrogens (tertiary/aromatic N) is 2. The summed E-state index contributed by atoms with van der Waals surface area (Å²) in [5.74, 6) is 1.05. The molecule has 6 heteroatoms. The molecule has 1 aliphatic heterocycles. The summed E-state index contributed by atoms with van der Waals surface area (Å²) in [5.41, 5.74) is 5.55. The minimum absolute atomic E-state index is 0.0947. The van der Waals surface area contributed by atoms with Crippen molar-refractivity contribution in [1.29, 1.82) is 5.41 Å². The lowest BCUT2D eigenvalue weighted by Gasteiger charge is -2.33. The van der Waals surface area contributed by atoms with E-state index < -0.39 is 0 Å². The Balaban J connectivity index is 2.19. The Bertz CT molecular complexity index is 435. The number of anilines is 1. The molecule has 0 spiro atoms. The summed E-state index contributed by atoms with van der Waals surface area (Å²) in [6.07, 6.45) is 3.53. The van der Waals surface area contributed by atoms with Gasteiger partial charge in [0.25, 0.3) is 0 Å². The van der Waals surface area contributed by atoms with Gasteiger partial charge in [-0.1, -0.05) is 23.2 Å². The highest BCUT2D eigenvalue weighted by molar-refractivity contribution is 6.36. The first kappa shape index (κ1) is 12.5. The summed E-state index contributed by atoms with van der Waals surface area (Å²) in [5, 5.41) is 8.58. The standard InChI is InChI=1S/C11H14Cl2N4/c12-8-4-9(13)11(16-5-8)17-3-1-2-7(6-17)10(14)15/h4-5,7H,1-3,6H2,(H3,14,15). The van der Waals surface area contributed by atoms with Crippen LogP contribution in [0.3, 0.4) is 0 Å². The van der Waals surface area contributed by atoms with Gasteiger partial charge in [-0.25, -0.2) is 4.98 Å². The van der Waals surface area contributed by atoms with E-state index in [-0.39, 0.29) is 11.8 Å². The molecule has 2 heterocycles. The maximum Gasteiger partial charge on any atom is 0.147 e. The Labute approximate surface area is 110 Å². The van der Waals surface area contributed by atoms with Crippen LogP contribution < -0.4 is 10.6 Å². The van der Waals surface area contributed by atoms with Crippen LogP contribution in [0.15, 0.2) is 12.3 Å². The Morgan fingerprint density at radius 2 is 2.29 bits per heavy atom. The van der Waals surface area contributed by atoms with Gasteiger partial charge in [-0.3, -0.25) is 5.41 Å². The molecule has 0 aromatic carbocycles. The average Bonchev–Trinajstić information content (AvgIpc) is 2.29. The molecule has 0 bridgehead atoms. The lowest BCUT2D eigenvalue weighted by Crippen LogP contribution is -2.41. The fourth-order valence-electron chi connectivity index (χ4n) is 2.06. The second-order valence-corrected chi connectivity index (χ2v) is 5.04. The zero-order valence-corrected chi connectivity index (χ0v) is 10.8. The van der Waals surface area contributed by atoms with Crippen LogP contribution in [0.1, 0.15) is 12.8 Å². The number of rotatable bonds is 2. The van der Waals surface area contributed by atoms with Gasteiger partial charge in [0.15, 0.2) is 0 Å². The number of aromatic nitrogens is 1. The van der Waals surface area contributed by atoms with E-state index in [1.165, 1.54) is 0 Å². The smallest absolute Gasteiger partial charge is 0.147 e. The van der Waals surface area contributed by atoms with E-state index >= 15 is 0 Å². The zero-order valence-electron chi connectivity index (χ0n) is 9.29. The summed E-state index contributed by atoms with van der Waals surface area (Å²) in [6, 6.07) is 1.68. The van der Waals surface area contributed by atoms with Gasteiger partial charge in [0.05, 0.1) is 15.9 Å². The molecule has 1 aliphatic rings. The first-order chi connectivity index (χ1) is 8.08. The Morgan fingerprint density at radius 3 is 2.94 bits per heavy atom. The fraction of sp³-hybridized carbons (Fsp3) is 0.455. The first-order valence-corrected chi connectivity index (χ1v) is 6.23. The lowest BCUT2D eigenvalue weighted by molar-refractivity contribution is 0.500. The van der Waals surface area contributed by atoms with Gasteiger partial charge in [0.2, 0.25) is 0 Å². The van der Waals surface area contributed by atoms with Crippen molar-refractivity contribution in [3.8, 4) is 0 Å². The number of nitrogens with one attached hydrogen (secondary N) is 1. The highest BCUT2D eigenvalue weighted by atomic mass is 35.5. The van der Waals surface area contributed by atoms with E-state index in [4.69, 9.17) is 34.3 Å². The van der Waals surface area contributed by atoms with Crippen LogP contribution in [0, 0.1) is 11.3 Å². The maximum absolute atomic E-state index is 7.51. The predicted molar refractivity (Wildman–Crippen MR) is 71.1 cm³/mol. The highest BCUT2D eigenvalue weighted by Gasteiger charge is 2.24. The lowest BCUT2D eigenvalue weighted by atomic mass is 9.97. The molecule has 17 heavy (non-hydrogen) atoms. The van der Waals surface area contributed by atoms with E-state index in [1.807, 2.05) is 0 Å². The van der Waals surface area contributed by atoms with Crippen LogP contribution in [0.4, 0.5) is 5.82 Å². The van der Waals surface area contributed by atoms with E-state index in [9.17, 15) is 0 Å². The van der Waals surface area contributed by atoms with Crippen molar-refractivity contribution in [2.24, 2.45) is 11.7 Å². The Morgan fingerprint density at radius 1 is 1.53 bits per heavy atom. The molecule has 1 fully saturated rings. The van der Waals surface area contributed by atoms with Gasteiger partial charge in [-0.2, -0.15) is 0 Å². The van der Waals surface area contributed by atoms with E-state index in [0.717, 1.165) is 25.2 Å². The largest absolute Gasteiger partial charge is 0.387 e. The second kappa shape index (κ2) is 5.10. The molecule has 1 unspecified atom stereocenters. The molecule has 0 aliphatic carbocycles. The maximum atomic E-state index is 7.51. The summed E-state index contributed by atoms with van der Waals surface area (Å²) in [4.78, 5) is 6.31. The SMILES string of the molecule is N=C(N)C1CCCN(c2ncc(Cl)cc2Cl)C1. The van der Waals surface area contributed by atoms with Gasteiger partial charge in [0, 0.05) is 25.2 Å². The van der Waals surface area contributed by atoms with Crippen LogP contribution in [0.25, 0.3) is 0 Å². The van der Waals surface area contributed by atoms with Crippen LogP contribution in [-0.4, -0.2) is 23.9 Å². The Kier molecular flexibility index (Phi) is 3.74. The summed E-state index contributed by atoms with van der Waals surface area (Å²) in [6.45, 7) is 1.59. The number of pyridine rings is 1. The van der Waals surface area contributed by atoms with Crippen LogP contribution >= 0.6 is 23.2 Å². The minimum atomic E-state index is 0.0947. The van der Waals surface area contributed by atoms with Gasteiger partial charge in [-0.05, 0) is 18.9 Å². The molecule has 3 N–H and O–H groups in total. The van der Waals surface area contributed by atoms with Crippen molar-refractivity contribution >= 4 is 34.9 Å².